The largest absolute Gasteiger partial charge is 0.324 e. The van der Waals surface area contributed by atoms with Crippen LogP contribution in [0, 0.1) is 12.7 Å². The molecule has 0 aliphatic rings. The fraction of sp³-hybridized carbons (Fsp3) is 0.176. The molecule has 6 heteroatoms. The van der Waals surface area contributed by atoms with Crippen LogP contribution in [0.3, 0.4) is 0 Å². The zero-order chi connectivity index (χ0) is 17.0. The van der Waals surface area contributed by atoms with E-state index in [1.54, 1.807) is 12.1 Å². The fourth-order valence-corrected chi connectivity index (χ4v) is 2.40. The topological polar surface area (TPSA) is 49.4 Å². The molecular formula is C17H16BrFN2O2. The molecule has 1 N–H and O–H groups in total. The summed E-state index contributed by atoms with van der Waals surface area (Å²) in [4.78, 5) is 25.2. The van der Waals surface area contributed by atoms with E-state index in [4.69, 9.17) is 0 Å². The van der Waals surface area contributed by atoms with Gasteiger partial charge < -0.3 is 10.2 Å². The second-order valence-corrected chi connectivity index (χ2v) is 5.95. The van der Waals surface area contributed by atoms with Crippen LogP contribution in [0.2, 0.25) is 0 Å². The first kappa shape index (κ1) is 17.1. The van der Waals surface area contributed by atoms with Crippen LogP contribution in [0.1, 0.15) is 12.5 Å². The molecule has 2 rings (SSSR count). The van der Waals surface area contributed by atoms with Crippen molar-refractivity contribution < 1.29 is 14.0 Å². The third-order valence-corrected chi connectivity index (χ3v) is 4.13. The number of amides is 2. The molecule has 2 amide bonds. The van der Waals surface area contributed by atoms with E-state index in [2.05, 4.69) is 21.2 Å². The minimum Gasteiger partial charge on any atom is -0.324 e. The van der Waals surface area contributed by atoms with Crippen molar-refractivity contribution in [3.63, 3.8) is 0 Å². The molecule has 0 radical (unpaired) electrons. The van der Waals surface area contributed by atoms with E-state index in [-0.39, 0.29) is 18.4 Å². The van der Waals surface area contributed by atoms with E-state index in [0.29, 0.717) is 11.4 Å². The van der Waals surface area contributed by atoms with E-state index in [9.17, 15) is 14.0 Å². The van der Waals surface area contributed by atoms with E-state index in [1.807, 2.05) is 13.0 Å². The summed E-state index contributed by atoms with van der Waals surface area (Å²) in [7, 11) is 0. The fourth-order valence-electron chi connectivity index (χ4n) is 2.02. The predicted octanol–water partition coefficient (Wildman–Crippen LogP) is 3.89. The molecule has 0 aliphatic heterocycles. The van der Waals surface area contributed by atoms with Crippen LogP contribution in [0.4, 0.5) is 15.8 Å². The normalized spacial score (nSPS) is 10.3. The van der Waals surface area contributed by atoms with Gasteiger partial charge in [-0.1, -0.05) is 22.0 Å². The number of carbonyl (C=O) groups is 2. The van der Waals surface area contributed by atoms with Crippen LogP contribution in [-0.2, 0) is 9.59 Å². The van der Waals surface area contributed by atoms with Crippen molar-refractivity contribution in [1.82, 2.24) is 0 Å². The monoisotopic (exact) mass is 378 g/mol. The average Bonchev–Trinajstić information content (AvgIpc) is 2.49. The van der Waals surface area contributed by atoms with E-state index in [0.717, 1.165) is 10.0 Å². The molecule has 2 aromatic rings. The van der Waals surface area contributed by atoms with Gasteiger partial charge in [0.25, 0.3) is 0 Å². The van der Waals surface area contributed by atoms with Crippen molar-refractivity contribution in [3.8, 4) is 0 Å². The van der Waals surface area contributed by atoms with Crippen molar-refractivity contribution in [3.05, 3.63) is 58.3 Å². The van der Waals surface area contributed by atoms with Gasteiger partial charge in [-0.15, -0.1) is 0 Å². The molecule has 0 spiro atoms. The highest BCUT2D eigenvalue weighted by Crippen LogP contribution is 2.21. The summed E-state index contributed by atoms with van der Waals surface area (Å²) in [5.74, 6) is -1.02. The molecule has 2 aromatic carbocycles. The summed E-state index contributed by atoms with van der Waals surface area (Å²) in [5.41, 5.74) is 2.16. The van der Waals surface area contributed by atoms with Crippen LogP contribution in [0.25, 0.3) is 0 Å². The van der Waals surface area contributed by atoms with Crippen molar-refractivity contribution in [1.29, 1.82) is 0 Å². The number of halogens is 2. The Morgan fingerprint density at radius 1 is 1.17 bits per heavy atom. The molecular weight excluding hydrogens is 363 g/mol. The van der Waals surface area contributed by atoms with Gasteiger partial charge in [-0.2, -0.15) is 0 Å². The van der Waals surface area contributed by atoms with Gasteiger partial charge in [-0.05, 0) is 48.9 Å². The minimum atomic E-state index is -0.397. The molecule has 0 atom stereocenters. The summed E-state index contributed by atoms with van der Waals surface area (Å²) in [6.07, 6.45) is 0. The average molecular weight is 379 g/mol. The van der Waals surface area contributed by atoms with Crippen molar-refractivity contribution in [2.24, 2.45) is 0 Å². The molecule has 23 heavy (non-hydrogen) atoms. The van der Waals surface area contributed by atoms with Gasteiger partial charge in [0.2, 0.25) is 11.8 Å². The quantitative estimate of drug-likeness (QED) is 0.877. The standard InChI is InChI=1S/C17H16BrFN2O2/c1-11-3-6-14(9-16(11)18)20-17(23)10-21(12(2)22)15-7-4-13(19)5-8-15/h3-9H,10H2,1-2H3,(H,20,23). The first-order valence-corrected chi connectivity index (χ1v) is 7.76. The Labute approximate surface area is 142 Å². The van der Waals surface area contributed by atoms with Crippen molar-refractivity contribution >= 4 is 39.1 Å². The number of aryl methyl sites for hydroxylation is 1. The SMILES string of the molecule is CC(=O)N(CC(=O)Nc1ccc(C)c(Br)c1)c1ccc(F)cc1. The number of hydrogen-bond acceptors (Lipinski definition) is 2. The molecule has 0 aromatic heterocycles. The molecule has 0 heterocycles. The second-order valence-electron chi connectivity index (χ2n) is 5.09. The number of anilines is 2. The third kappa shape index (κ3) is 4.63. The lowest BCUT2D eigenvalue weighted by atomic mass is 10.2. The second kappa shape index (κ2) is 7.37. The Morgan fingerprint density at radius 3 is 2.39 bits per heavy atom. The highest BCUT2D eigenvalue weighted by Gasteiger charge is 2.16. The Hall–Kier alpha value is -2.21. The molecule has 0 fully saturated rings. The van der Waals surface area contributed by atoms with Gasteiger partial charge in [0.1, 0.15) is 12.4 Å². The van der Waals surface area contributed by atoms with Gasteiger partial charge in [0.05, 0.1) is 0 Å². The van der Waals surface area contributed by atoms with Gasteiger partial charge in [0, 0.05) is 22.8 Å². The van der Waals surface area contributed by atoms with Crippen LogP contribution in [0.15, 0.2) is 46.9 Å². The maximum atomic E-state index is 13.0. The molecule has 0 aliphatic carbocycles. The van der Waals surface area contributed by atoms with Gasteiger partial charge in [-0.3, -0.25) is 9.59 Å². The first-order chi connectivity index (χ1) is 10.9. The molecule has 0 saturated heterocycles. The Morgan fingerprint density at radius 2 is 1.83 bits per heavy atom. The number of benzene rings is 2. The summed E-state index contributed by atoms with van der Waals surface area (Å²) in [6, 6.07) is 10.9. The maximum absolute atomic E-state index is 13.0. The lowest BCUT2D eigenvalue weighted by molar-refractivity contribution is -0.120. The summed E-state index contributed by atoms with van der Waals surface area (Å²) >= 11 is 3.40. The van der Waals surface area contributed by atoms with Crippen LogP contribution in [0.5, 0.6) is 0 Å². The zero-order valence-electron chi connectivity index (χ0n) is 12.8. The van der Waals surface area contributed by atoms with Crippen molar-refractivity contribution in [2.75, 3.05) is 16.8 Å². The number of rotatable bonds is 4. The molecule has 0 saturated carbocycles. The van der Waals surface area contributed by atoms with Crippen molar-refractivity contribution in [2.45, 2.75) is 13.8 Å². The van der Waals surface area contributed by atoms with Gasteiger partial charge >= 0.3 is 0 Å². The van der Waals surface area contributed by atoms with Crippen LogP contribution in [-0.4, -0.2) is 18.4 Å². The number of nitrogens with one attached hydrogen (secondary N) is 1. The Kier molecular flexibility index (Phi) is 5.50. The molecule has 120 valence electrons. The number of carbonyl (C=O) groups excluding carboxylic acids is 2. The smallest absolute Gasteiger partial charge is 0.244 e. The predicted molar refractivity (Wildman–Crippen MR) is 91.9 cm³/mol. The third-order valence-electron chi connectivity index (χ3n) is 3.28. The van der Waals surface area contributed by atoms with Gasteiger partial charge in [0.15, 0.2) is 0 Å². The minimum absolute atomic E-state index is 0.146. The van der Waals surface area contributed by atoms with E-state index < -0.39 is 5.82 Å². The molecule has 0 bridgehead atoms. The summed E-state index contributed by atoms with van der Waals surface area (Å²) in [5, 5.41) is 2.74. The molecule has 0 unspecified atom stereocenters. The van der Waals surface area contributed by atoms with Crippen LogP contribution < -0.4 is 10.2 Å². The Balaban J connectivity index is 2.10. The zero-order valence-corrected chi connectivity index (χ0v) is 14.4. The lowest BCUT2D eigenvalue weighted by Gasteiger charge is -2.20. The van der Waals surface area contributed by atoms with E-state index in [1.165, 1.54) is 36.1 Å². The van der Waals surface area contributed by atoms with E-state index >= 15 is 0 Å². The highest BCUT2D eigenvalue weighted by atomic mass is 79.9. The maximum Gasteiger partial charge on any atom is 0.244 e. The summed E-state index contributed by atoms with van der Waals surface area (Å²) in [6.45, 7) is 3.16. The number of hydrogen-bond donors (Lipinski definition) is 1. The van der Waals surface area contributed by atoms with Gasteiger partial charge in [-0.25, -0.2) is 4.39 Å². The highest BCUT2D eigenvalue weighted by molar-refractivity contribution is 9.10. The Bertz CT molecular complexity index is 732. The first-order valence-electron chi connectivity index (χ1n) is 6.96. The number of nitrogens with zero attached hydrogens (tertiary/aromatic N) is 1. The molecule has 4 nitrogen and oxygen atoms in total. The lowest BCUT2D eigenvalue weighted by Crippen LogP contribution is -2.36. The van der Waals surface area contributed by atoms with Crippen LogP contribution >= 0.6 is 15.9 Å². The summed E-state index contributed by atoms with van der Waals surface area (Å²) < 4.78 is 13.9.